The highest BCUT2D eigenvalue weighted by Gasteiger charge is 2.19. The second-order valence-electron chi connectivity index (χ2n) is 5.74. The molecule has 1 aromatic carbocycles. The van der Waals surface area contributed by atoms with Crippen molar-refractivity contribution in [2.45, 2.75) is 44.7 Å². The number of rotatable bonds is 5. The summed E-state index contributed by atoms with van der Waals surface area (Å²) in [6.07, 6.45) is 4.78. The highest BCUT2D eigenvalue weighted by Crippen LogP contribution is 2.25. The molecule has 1 aliphatic heterocycles. The predicted molar refractivity (Wildman–Crippen MR) is 79.4 cm³/mol. The molecule has 2 unspecified atom stereocenters. The Morgan fingerprint density at radius 1 is 1.45 bits per heavy atom. The lowest BCUT2D eigenvalue weighted by molar-refractivity contribution is 0.152. The average molecular weight is 280 g/mol. The van der Waals surface area contributed by atoms with Crippen LogP contribution in [0.1, 0.15) is 44.2 Å². The van der Waals surface area contributed by atoms with Gasteiger partial charge in [0.25, 0.3) is 0 Å². The Kier molecular flexibility index (Phi) is 5.38. The predicted octanol–water partition coefficient (Wildman–Crippen LogP) is 3.10. The molecule has 2 atom stereocenters. The Bertz CT molecular complexity index is 436. The summed E-state index contributed by atoms with van der Waals surface area (Å²) in [5.74, 6) is 0.303. The van der Waals surface area contributed by atoms with Crippen LogP contribution in [-0.4, -0.2) is 31.1 Å². The van der Waals surface area contributed by atoms with Gasteiger partial charge in [0.05, 0.1) is 6.61 Å². The van der Waals surface area contributed by atoms with Crippen molar-refractivity contribution in [3.05, 3.63) is 29.6 Å². The third-order valence-electron chi connectivity index (χ3n) is 4.10. The fourth-order valence-electron chi connectivity index (χ4n) is 2.82. The van der Waals surface area contributed by atoms with Crippen LogP contribution < -0.4 is 10.5 Å². The van der Waals surface area contributed by atoms with Gasteiger partial charge < -0.3 is 15.4 Å². The van der Waals surface area contributed by atoms with Crippen molar-refractivity contribution in [2.24, 2.45) is 5.73 Å². The first-order valence-corrected chi connectivity index (χ1v) is 7.46. The maximum Gasteiger partial charge on any atom is 0.126 e. The third-order valence-corrected chi connectivity index (χ3v) is 4.10. The number of benzene rings is 1. The highest BCUT2D eigenvalue weighted by atomic mass is 19.1. The van der Waals surface area contributed by atoms with Crippen LogP contribution in [0.2, 0.25) is 0 Å². The summed E-state index contributed by atoms with van der Waals surface area (Å²) in [4.78, 5) is 2.39. The van der Waals surface area contributed by atoms with Gasteiger partial charge in [0.2, 0.25) is 0 Å². The minimum absolute atomic E-state index is 0.150. The monoisotopic (exact) mass is 280 g/mol. The quantitative estimate of drug-likeness (QED) is 0.900. The van der Waals surface area contributed by atoms with Crippen molar-refractivity contribution in [3.63, 3.8) is 0 Å². The number of nitrogens with two attached hydrogens (primary N) is 1. The molecule has 0 amide bonds. The smallest absolute Gasteiger partial charge is 0.126 e. The maximum absolute atomic E-state index is 13.3. The normalized spacial score (nSPS) is 21.7. The number of hydrogen-bond donors (Lipinski definition) is 1. The van der Waals surface area contributed by atoms with Gasteiger partial charge in [-0.05, 0) is 45.8 Å². The van der Waals surface area contributed by atoms with E-state index in [2.05, 4.69) is 11.9 Å². The molecule has 0 bridgehead atoms. The topological polar surface area (TPSA) is 38.5 Å². The van der Waals surface area contributed by atoms with Crippen LogP contribution in [-0.2, 0) is 0 Å². The molecule has 1 fully saturated rings. The number of nitrogens with zero attached hydrogens (tertiary/aromatic N) is 1. The van der Waals surface area contributed by atoms with Crippen LogP contribution >= 0.6 is 0 Å². The minimum atomic E-state index is -0.279. The van der Waals surface area contributed by atoms with E-state index in [1.807, 2.05) is 6.92 Å². The van der Waals surface area contributed by atoms with Gasteiger partial charge in [-0.2, -0.15) is 0 Å². The largest absolute Gasteiger partial charge is 0.493 e. The molecule has 0 radical (unpaired) electrons. The summed E-state index contributed by atoms with van der Waals surface area (Å²) in [5.41, 5.74) is 6.75. The first kappa shape index (κ1) is 15.3. The van der Waals surface area contributed by atoms with E-state index in [0.717, 1.165) is 18.5 Å². The Hall–Kier alpha value is -1.13. The number of likely N-dealkylation sites (tertiary alicyclic amines) is 1. The molecule has 1 aliphatic rings. The van der Waals surface area contributed by atoms with Crippen molar-refractivity contribution in [3.8, 4) is 5.75 Å². The molecule has 0 saturated carbocycles. The van der Waals surface area contributed by atoms with Crippen LogP contribution in [0.5, 0.6) is 5.75 Å². The van der Waals surface area contributed by atoms with E-state index >= 15 is 0 Å². The lowest BCUT2D eigenvalue weighted by Gasteiger charge is -2.32. The number of ether oxygens (including phenoxy) is 1. The summed E-state index contributed by atoms with van der Waals surface area (Å²) in [6.45, 7) is 3.66. The van der Waals surface area contributed by atoms with E-state index in [4.69, 9.17) is 10.5 Å². The van der Waals surface area contributed by atoms with E-state index < -0.39 is 0 Å². The molecule has 0 aromatic heterocycles. The van der Waals surface area contributed by atoms with Gasteiger partial charge in [0.15, 0.2) is 0 Å². The standard InChI is InChI=1S/C16H25FN2O/c1-12(18)15-7-6-13(17)11-16(15)20-10-8-14-5-3-4-9-19(14)2/h6-7,11-12,14H,3-5,8-10,18H2,1-2H3. The molecule has 1 heterocycles. The molecular weight excluding hydrogens is 255 g/mol. The molecule has 2 N–H and O–H groups in total. The molecule has 1 saturated heterocycles. The Morgan fingerprint density at radius 2 is 2.25 bits per heavy atom. The number of piperidine rings is 1. The third kappa shape index (κ3) is 3.93. The van der Waals surface area contributed by atoms with Crippen LogP contribution in [0, 0.1) is 5.82 Å². The lowest BCUT2D eigenvalue weighted by Crippen LogP contribution is -2.37. The molecule has 3 nitrogen and oxygen atoms in total. The lowest BCUT2D eigenvalue weighted by atomic mass is 10.0. The summed E-state index contributed by atoms with van der Waals surface area (Å²) >= 11 is 0. The molecule has 0 aliphatic carbocycles. The fraction of sp³-hybridized carbons (Fsp3) is 0.625. The maximum atomic E-state index is 13.3. The number of halogens is 1. The van der Waals surface area contributed by atoms with Crippen molar-refractivity contribution in [1.82, 2.24) is 4.90 Å². The Labute approximate surface area is 120 Å². The van der Waals surface area contributed by atoms with E-state index in [9.17, 15) is 4.39 Å². The molecule has 20 heavy (non-hydrogen) atoms. The van der Waals surface area contributed by atoms with Gasteiger partial charge in [0, 0.05) is 23.7 Å². The highest BCUT2D eigenvalue weighted by molar-refractivity contribution is 5.36. The summed E-state index contributed by atoms with van der Waals surface area (Å²) in [6, 6.07) is 5.00. The van der Waals surface area contributed by atoms with E-state index in [1.54, 1.807) is 6.07 Å². The average Bonchev–Trinajstić information content (AvgIpc) is 2.41. The first-order valence-electron chi connectivity index (χ1n) is 7.46. The first-order chi connectivity index (χ1) is 9.58. The van der Waals surface area contributed by atoms with Gasteiger partial charge in [0.1, 0.15) is 11.6 Å². The van der Waals surface area contributed by atoms with Gasteiger partial charge >= 0.3 is 0 Å². The van der Waals surface area contributed by atoms with Crippen LogP contribution in [0.3, 0.4) is 0 Å². The Morgan fingerprint density at radius 3 is 2.95 bits per heavy atom. The van der Waals surface area contributed by atoms with Crippen LogP contribution in [0.4, 0.5) is 4.39 Å². The summed E-state index contributed by atoms with van der Waals surface area (Å²) in [5, 5.41) is 0. The van der Waals surface area contributed by atoms with Crippen molar-refractivity contribution in [1.29, 1.82) is 0 Å². The molecule has 1 aromatic rings. The van der Waals surface area contributed by atoms with Gasteiger partial charge in [-0.3, -0.25) is 0 Å². The van der Waals surface area contributed by atoms with E-state index in [0.29, 0.717) is 18.4 Å². The second kappa shape index (κ2) is 7.04. The zero-order chi connectivity index (χ0) is 14.5. The summed E-state index contributed by atoms with van der Waals surface area (Å²) < 4.78 is 19.1. The summed E-state index contributed by atoms with van der Waals surface area (Å²) in [7, 11) is 2.17. The zero-order valence-corrected chi connectivity index (χ0v) is 12.4. The molecule has 2 rings (SSSR count). The van der Waals surface area contributed by atoms with E-state index in [-0.39, 0.29) is 11.9 Å². The van der Waals surface area contributed by atoms with E-state index in [1.165, 1.54) is 31.4 Å². The van der Waals surface area contributed by atoms with Gasteiger partial charge in [-0.1, -0.05) is 12.5 Å². The number of hydrogen-bond acceptors (Lipinski definition) is 3. The second-order valence-corrected chi connectivity index (χ2v) is 5.74. The minimum Gasteiger partial charge on any atom is -0.493 e. The molecule has 112 valence electrons. The van der Waals surface area contributed by atoms with Crippen LogP contribution in [0.15, 0.2) is 18.2 Å². The van der Waals surface area contributed by atoms with Gasteiger partial charge in [-0.25, -0.2) is 4.39 Å². The SMILES string of the molecule is CC(N)c1ccc(F)cc1OCCC1CCCCN1C. The molecule has 4 heteroatoms. The van der Waals surface area contributed by atoms with Crippen molar-refractivity contribution >= 4 is 0 Å². The van der Waals surface area contributed by atoms with Gasteiger partial charge in [-0.15, -0.1) is 0 Å². The van der Waals surface area contributed by atoms with Crippen molar-refractivity contribution in [2.75, 3.05) is 20.2 Å². The zero-order valence-electron chi connectivity index (χ0n) is 12.4. The molecule has 0 spiro atoms. The molecular formula is C16H25FN2O. The fourth-order valence-corrected chi connectivity index (χ4v) is 2.82. The van der Waals surface area contributed by atoms with Crippen LogP contribution in [0.25, 0.3) is 0 Å². The Balaban J connectivity index is 1.91. The van der Waals surface area contributed by atoms with Crippen molar-refractivity contribution < 1.29 is 9.13 Å².